The monoisotopic (exact) mass is 272 g/mol. The Morgan fingerprint density at radius 1 is 1.79 bits per heavy atom. The number of carbonyl (C=O) groups excluding carboxylic acids is 1. The van der Waals surface area contributed by atoms with Crippen LogP contribution in [0.4, 0.5) is 0 Å². The van der Waals surface area contributed by atoms with Crippen molar-refractivity contribution in [3.8, 4) is 11.8 Å². The lowest BCUT2D eigenvalue weighted by atomic mass is 10.3. The fourth-order valence-electron chi connectivity index (χ4n) is 0.822. The molecule has 1 rings (SSSR count). The molecule has 0 spiro atoms. The first-order valence-corrected chi connectivity index (χ1v) is 5.66. The van der Waals surface area contributed by atoms with E-state index in [0.717, 1.165) is 4.47 Å². The topological polar surface area (TPSA) is 42.0 Å². The zero-order valence-electron chi connectivity index (χ0n) is 7.63. The predicted molar refractivity (Wildman–Crippen MR) is 60.2 cm³/mol. The first-order chi connectivity index (χ1) is 6.75. The molecule has 0 aliphatic rings. The van der Waals surface area contributed by atoms with Crippen LogP contribution in [0.3, 0.4) is 0 Å². The van der Waals surface area contributed by atoms with Crippen LogP contribution in [-0.4, -0.2) is 16.8 Å². The third-order valence-corrected chi connectivity index (χ3v) is 2.99. The van der Waals surface area contributed by atoms with Crippen molar-refractivity contribution in [2.24, 2.45) is 0 Å². The van der Waals surface area contributed by atoms with Gasteiger partial charge in [0.25, 0.3) is 5.91 Å². The van der Waals surface area contributed by atoms with Gasteiger partial charge in [-0.25, -0.2) is 0 Å². The highest BCUT2D eigenvalue weighted by molar-refractivity contribution is 9.10. The summed E-state index contributed by atoms with van der Waals surface area (Å²) in [6, 6.07) is 0. The van der Waals surface area contributed by atoms with E-state index in [4.69, 9.17) is 0 Å². The lowest BCUT2D eigenvalue weighted by molar-refractivity contribution is 0.0950. The highest BCUT2D eigenvalue weighted by Gasteiger charge is 2.11. The lowest BCUT2D eigenvalue weighted by Gasteiger charge is -1.99. The molecule has 0 radical (unpaired) electrons. The number of amides is 1. The van der Waals surface area contributed by atoms with Gasteiger partial charge in [-0.15, -0.1) is 11.8 Å². The second-order valence-corrected chi connectivity index (χ2v) is 3.93. The largest absolute Gasteiger partial charge is 0.350 e. The maximum Gasteiger partial charge on any atom is 0.272 e. The summed E-state index contributed by atoms with van der Waals surface area (Å²) in [5.41, 5.74) is 0.444. The van der Waals surface area contributed by atoms with Crippen molar-refractivity contribution >= 4 is 33.4 Å². The van der Waals surface area contributed by atoms with Crippen molar-refractivity contribution in [1.82, 2.24) is 9.69 Å². The van der Waals surface area contributed by atoms with Crippen molar-refractivity contribution in [3.05, 3.63) is 15.5 Å². The summed E-state index contributed by atoms with van der Waals surface area (Å²) in [4.78, 5) is 11.4. The molecule has 1 heterocycles. The molecule has 1 N–H and O–H groups in total. The highest BCUT2D eigenvalue weighted by Crippen LogP contribution is 2.17. The number of rotatable bonds is 3. The molecule has 0 saturated heterocycles. The van der Waals surface area contributed by atoms with Crippen molar-refractivity contribution < 1.29 is 4.79 Å². The van der Waals surface area contributed by atoms with Gasteiger partial charge in [-0.3, -0.25) is 4.79 Å². The van der Waals surface area contributed by atoms with Gasteiger partial charge in [-0.2, -0.15) is 4.37 Å². The molecule has 0 bridgehead atoms. The minimum Gasteiger partial charge on any atom is -0.350 e. The fourth-order valence-corrected chi connectivity index (χ4v) is 2.00. The summed E-state index contributed by atoms with van der Waals surface area (Å²) < 4.78 is 4.70. The van der Waals surface area contributed by atoms with E-state index in [1.807, 2.05) is 0 Å². The van der Waals surface area contributed by atoms with Crippen molar-refractivity contribution in [1.29, 1.82) is 0 Å². The minimum atomic E-state index is -0.156. The van der Waals surface area contributed by atoms with Gasteiger partial charge in [0.2, 0.25) is 0 Å². The second kappa shape index (κ2) is 5.78. The van der Waals surface area contributed by atoms with E-state index >= 15 is 0 Å². The Labute approximate surface area is 95.2 Å². The van der Waals surface area contributed by atoms with Crippen LogP contribution in [-0.2, 0) is 0 Å². The molecule has 0 saturated carbocycles. The Morgan fingerprint density at radius 3 is 3.14 bits per heavy atom. The Hall–Kier alpha value is -0.860. The molecule has 0 aliphatic carbocycles. The molecule has 1 aromatic rings. The summed E-state index contributed by atoms with van der Waals surface area (Å²) in [5, 5.41) is 4.51. The zero-order chi connectivity index (χ0) is 10.4. The Morgan fingerprint density at radius 2 is 2.57 bits per heavy atom. The van der Waals surface area contributed by atoms with Gasteiger partial charge in [0.15, 0.2) is 5.69 Å². The van der Waals surface area contributed by atoms with E-state index in [1.165, 1.54) is 11.5 Å². The van der Waals surface area contributed by atoms with Gasteiger partial charge >= 0.3 is 0 Å². The molecule has 0 aliphatic heterocycles. The second-order valence-electron chi connectivity index (χ2n) is 2.44. The van der Waals surface area contributed by atoms with E-state index < -0.39 is 0 Å². The van der Waals surface area contributed by atoms with E-state index in [-0.39, 0.29) is 5.91 Å². The number of hydrogen-bond donors (Lipinski definition) is 1. The maximum absolute atomic E-state index is 11.4. The first kappa shape index (κ1) is 11.2. The number of carbonyl (C=O) groups is 1. The van der Waals surface area contributed by atoms with E-state index in [9.17, 15) is 4.79 Å². The number of nitrogens with one attached hydrogen (secondary N) is 1. The highest BCUT2D eigenvalue weighted by atomic mass is 79.9. The van der Waals surface area contributed by atoms with Crippen LogP contribution in [0.1, 0.15) is 23.8 Å². The molecular weight excluding hydrogens is 264 g/mol. The fraction of sp³-hybridized carbons (Fsp3) is 0.333. The predicted octanol–water partition coefficient (Wildman–Crippen LogP) is 2.05. The Bertz CT molecular complexity index is 378. The summed E-state index contributed by atoms with van der Waals surface area (Å²) in [5.74, 6) is 5.48. The molecule has 74 valence electrons. The van der Waals surface area contributed by atoms with Gasteiger partial charge in [-0.1, -0.05) is 0 Å². The third kappa shape index (κ3) is 3.13. The van der Waals surface area contributed by atoms with Crippen LogP contribution >= 0.6 is 27.5 Å². The summed E-state index contributed by atoms with van der Waals surface area (Å²) >= 11 is 4.50. The Balaban J connectivity index is 2.42. The van der Waals surface area contributed by atoms with Crippen LogP contribution < -0.4 is 5.32 Å². The molecule has 3 nitrogen and oxygen atoms in total. The summed E-state index contributed by atoms with van der Waals surface area (Å²) in [6.07, 6.45) is 0.671. The molecule has 0 fully saturated rings. The minimum absolute atomic E-state index is 0.156. The van der Waals surface area contributed by atoms with Gasteiger partial charge in [-0.05, 0) is 34.4 Å². The quantitative estimate of drug-likeness (QED) is 0.676. The molecule has 1 amide bonds. The summed E-state index contributed by atoms with van der Waals surface area (Å²) in [7, 11) is 0. The molecule has 1 aromatic heterocycles. The standard InChI is InChI=1S/C9H9BrN2OS/c1-2-3-4-5-11-9(13)8-7(10)6-14-12-8/h6H,4-5H2,1H3,(H,11,13). The first-order valence-electron chi connectivity index (χ1n) is 4.03. The molecule has 0 unspecified atom stereocenters. The van der Waals surface area contributed by atoms with Crippen LogP contribution in [0.5, 0.6) is 0 Å². The molecule has 0 atom stereocenters. The van der Waals surface area contributed by atoms with Crippen molar-refractivity contribution in [2.75, 3.05) is 6.54 Å². The van der Waals surface area contributed by atoms with Crippen LogP contribution in [0.2, 0.25) is 0 Å². The van der Waals surface area contributed by atoms with Gasteiger partial charge in [0.05, 0.1) is 4.47 Å². The van der Waals surface area contributed by atoms with Crippen molar-refractivity contribution in [2.45, 2.75) is 13.3 Å². The number of halogens is 1. The van der Waals surface area contributed by atoms with Crippen LogP contribution in [0, 0.1) is 11.8 Å². The number of aromatic nitrogens is 1. The number of hydrogen-bond acceptors (Lipinski definition) is 3. The van der Waals surface area contributed by atoms with E-state index in [0.29, 0.717) is 18.7 Å². The van der Waals surface area contributed by atoms with E-state index in [2.05, 4.69) is 37.5 Å². The molecule has 0 aromatic carbocycles. The normalized spacial score (nSPS) is 9.00. The van der Waals surface area contributed by atoms with Gasteiger partial charge in [0.1, 0.15) is 0 Å². The summed E-state index contributed by atoms with van der Waals surface area (Å²) in [6.45, 7) is 2.34. The molecule has 5 heteroatoms. The van der Waals surface area contributed by atoms with Gasteiger partial charge < -0.3 is 5.32 Å². The SMILES string of the molecule is CC#CCCNC(=O)c1nscc1Br. The smallest absolute Gasteiger partial charge is 0.272 e. The van der Waals surface area contributed by atoms with Gasteiger partial charge in [0, 0.05) is 18.3 Å². The van der Waals surface area contributed by atoms with Crippen LogP contribution in [0.15, 0.2) is 9.85 Å². The van der Waals surface area contributed by atoms with Crippen LogP contribution in [0.25, 0.3) is 0 Å². The Kier molecular flexibility index (Phi) is 4.63. The average molecular weight is 273 g/mol. The average Bonchev–Trinajstić information content (AvgIpc) is 2.59. The molecule has 14 heavy (non-hydrogen) atoms. The van der Waals surface area contributed by atoms with E-state index in [1.54, 1.807) is 12.3 Å². The zero-order valence-corrected chi connectivity index (χ0v) is 10.0. The van der Waals surface area contributed by atoms with Crippen molar-refractivity contribution in [3.63, 3.8) is 0 Å². The lowest BCUT2D eigenvalue weighted by Crippen LogP contribution is -2.24. The third-order valence-electron chi connectivity index (χ3n) is 1.45. The molecular formula is C9H9BrN2OS. The maximum atomic E-state index is 11.4. The number of nitrogens with zero attached hydrogens (tertiary/aromatic N) is 1.